The average molecular weight is 512 g/mol. The minimum Gasteiger partial charge on any atom is -0.478 e. The highest BCUT2D eigenvalue weighted by molar-refractivity contribution is 6.39. The van der Waals surface area contributed by atoms with Crippen LogP contribution in [0.3, 0.4) is 0 Å². The summed E-state index contributed by atoms with van der Waals surface area (Å²) >= 11 is 12.9. The predicted molar refractivity (Wildman–Crippen MR) is 128 cm³/mol. The second-order valence-electron chi connectivity index (χ2n) is 8.56. The van der Waals surface area contributed by atoms with E-state index in [0.29, 0.717) is 57.7 Å². The summed E-state index contributed by atoms with van der Waals surface area (Å²) in [5.41, 5.74) is 3.04. The smallest absolute Gasteiger partial charge is 0.335 e. The molecule has 0 radical (unpaired) electrons. The molecule has 1 saturated carbocycles. The van der Waals surface area contributed by atoms with Crippen molar-refractivity contribution in [2.75, 3.05) is 0 Å². The molecule has 178 valence electrons. The maximum atomic E-state index is 11.3. The predicted octanol–water partition coefficient (Wildman–Crippen LogP) is 6.35. The van der Waals surface area contributed by atoms with Crippen LogP contribution in [0.4, 0.5) is 0 Å². The highest BCUT2D eigenvalue weighted by Gasteiger charge is 2.34. The fourth-order valence-corrected chi connectivity index (χ4v) is 4.81. The largest absolute Gasteiger partial charge is 0.478 e. The van der Waals surface area contributed by atoms with E-state index in [1.807, 2.05) is 0 Å². The van der Waals surface area contributed by atoms with Gasteiger partial charge in [0.15, 0.2) is 0 Å². The van der Waals surface area contributed by atoms with Crippen LogP contribution in [-0.4, -0.2) is 26.0 Å². The van der Waals surface area contributed by atoms with Gasteiger partial charge in [-0.05, 0) is 55.2 Å². The van der Waals surface area contributed by atoms with Crippen LogP contribution in [0.5, 0.6) is 17.5 Å². The molecular weight excluding hydrogens is 493 g/mol. The first-order chi connectivity index (χ1) is 17.0. The summed E-state index contributed by atoms with van der Waals surface area (Å²) in [5.74, 6) is 1.64. The number of carboxylic acid groups (broad SMARTS) is 1. The van der Waals surface area contributed by atoms with E-state index in [2.05, 4.69) is 10.3 Å². The van der Waals surface area contributed by atoms with Crippen molar-refractivity contribution < 1.29 is 23.9 Å². The number of hydrogen-bond donors (Lipinski definition) is 1. The van der Waals surface area contributed by atoms with Crippen LogP contribution in [-0.2, 0) is 19.6 Å². The Balaban J connectivity index is 1.26. The Morgan fingerprint density at radius 2 is 1.97 bits per heavy atom. The Morgan fingerprint density at radius 3 is 2.71 bits per heavy atom. The van der Waals surface area contributed by atoms with Crippen LogP contribution >= 0.6 is 23.2 Å². The molecule has 2 aromatic carbocycles. The van der Waals surface area contributed by atoms with Crippen molar-refractivity contribution in [3.8, 4) is 28.8 Å². The van der Waals surface area contributed by atoms with E-state index in [0.717, 1.165) is 29.7 Å². The lowest BCUT2D eigenvalue weighted by molar-refractivity contribution is 0.0696. The number of benzene rings is 2. The van der Waals surface area contributed by atoms with Crippen molar-refractivity contribution in [2.24, 2.45) is 0 Å². The van der Waals surface area contributed by atoms with Crippen molar-refractivity contribution in [2.45, 2.75) is 38.3 Å². The van der Waals surface area contributed by atoms with Gasteiger partial charge in [0.2, 0.25) is 11.8 Å². The van der Waals surface area contributed by atoms with Gasteiger partial charge in [-0.2, -0.15) is 0 Å². The van der Waals surface area contributed by atoms with Crippen LogP contribution in [0.25, 0.3) is 11.3 Å². The first-order valence-corrected chi connectivity index (χ1v) is 11.9. The number of aromatic nitrogens is 3. The van der Waals surface area contributed by atoms with E-state index in [4.69, 9.17) is 37.2 Å². The highest BCUT2D eigenvalue weighted by atomic mass is 35.5. The number of aryl methyl sites for hydroxylation is 2. The summed E-state index contributed by atoms with van der Waals surface area (Å²) in [7, 11) is 0. The number of ether oxygens (including phenoxy) is 2. The fourth-order valence-electron chi connectivity index (χ4n) is 4.23. The minimum atomic E-state index is -0.970. The summed E-state index contributed by atoms with van der Waals surface area (Å²) in [6.45, 7) is 0.705. The lowest BCUT2D eigenvalue weighted by Crippen LogP contribution is -2.04. The molecule has 35 heavy (non-hydrogen) atoms. The summed E-state index contributed by atoms with van der Waals surface area (Å²) in [5, 5.41) is 19.0. The van der Waals surface area contributed by atoms with Gasteiger partial charge in [0.1, 0.15) is 23.8 Å². The second kappa shape index (κ2) is 8.62. The van der Waals surface area contributed by atoms with Crippen molar-refractivity contribution in [1.82, 2.24) is 14.9 Å². The monoisotopic (exact) mass is 511 g/mol. The fraction of sp³-hybridized carbons (Fsp3) is 0.240. The number of fused-ring (bicyclic) bond motifs is 2. The molecule has 1 aliphatic heterocycles. The van der Waals surface area contributed by atoms with Crippen LogP contribution in [0.2, 0.25) is 10.0 Å². The Morgan fingerprint density at radius 1 is 1.17 bits per heavy atom. The van der Waals surface area contributed by atoms with Gasteiger partial charge in [0.25, 0.3) is 0 Å². The second-order valence-corrected chi connectivity index (χ2v) is 9.37. The first-order valence-electron chi connectivity index (χ1n) is 11.2. The van der Waals surface area contributed by atoms with Crippen LogP contribution in [0.1, 0.15) is 46.0 Å². The zero-order valence-electron chi connectivity index (χ0n) is 18.3. The molecule has 10 heteroatoms. The SMILES string of the molecule is O=C(O)c1ccc2c(c1)CCn1nc(OCc3c(-c4c(Cl)cccc4Cl)noc3C3CC3)cc1O2. The van der Waals surface area contributed by atoms with Crippen molar-refractivity contribution in [1.29, 1.82) is 0 Å². The first kappa shape index (κ1) is 22.0. The third-order valence-corrected chi connectivity index (χ3v) is 6.80. The molecule has 1 N–H and O–H groups in total. The van der Waals surface area contributed by atoms with Crippen LogP contribution in [0.15, 0.2) is 47.0 Å². The molecule has 1 aliphatic carbocycles. The number of rotatable bonds is 6. The minimum absolute atomic E-state index is 0.182. The lowest BCUT2D eigenvalue weighted by atomic mass is 10.0. The third-order valence-electron chi connectivity index (χ3n) is 6.17. The van der Waals surface area contributed by atoms with Gasteiger partial charge < -0.3 is 19.1 Å². The highest BCUT2D eigenvalue weighted by Crippen LogP contribution is 2.46. The van der Waals surface area contributed by atoms with Gasteiger partial charge in [-0.3, -0.25) is 0 Å². The summed E-state index contributed by atoms with van der Waals surface area (Å²) in [4.78, 5) is 11.3. The Bertz CT molecular complexity index is 1440. The van der Waals surface area contributed by atoms with Gasteiger partial charge in [-0.1, -0.05) is 34.4 Å². The molecule has 0 saturated heterocycles. The number of hydrogen-bond acceptors (Lipinski definition) is 6. The van der Waals surface area contributed by atoms with Gasteiger partial charge in [0, 0.05) is 18.0 Å². The van der Waals surface area contributed by atoms with Crippen molar-refractivity contribution in [3.63, 3.8) is 0 Å². The molecular formula is C25H19Cl2N3O5. The average Bonchev–Trinajstić information content (AvgIpc) is 3.53. The van der Waals surface area contributed by atoms with E-state index >= 15 is 0 Å². The maximum absolute atomic E-state index is 11.3. The third kappa shape index (κ3) is 4.13. The molecule has 0 unspecified atom stereocenters. The number of carbonyl (C=O) groups is 1. The molecule has 6 rings (SSSR count). The van der Waals surface area contributed by atoms with Gasteiger partial charge in [-0.25, -0.2) is 9.48 Å². The molecule has 8 nitrogen and oxygen atoms in total. The van der Waals surface area contributed by atoms with Crippen molar-refractivity contribution >= 4 is 29.2 Å². The zero-order valence-corrected chi connectivity index (χ0v) is 19.8. The van der Waals surface area contributed by atoms with E-state index in [9.17, 15) is 9.90 Å². The quantitative estimate of drug-likeness (QED) is 0.322. The maximum Gasteiger partial charge on any atom is 0.335 e. The molecule has 0 bridgehead atoms. The number of halogens is 2. The Labute approximate surface area is 210 Å². The van der Waals surface area contributed by atoms with E-state index in [1.54, 1.807) is 41.1 Å². The van der Waals surface area contributed by atoms with Gasteiger partial charge in [0.05, 0.1) is 27.2 Å². The van der Waals surface area contributed by atoms with E-state index in [1.165, 1.54) is 6.07 Å². The molecule has 2 aliphatic rings. The molecule has 0 amide bonds. The van der Waals surface area contributed by atoms with Gasteiger partial charge >= 0.3 is 5.97 Å². The van der Waals surface area contributed by atoms with E-state index in [-0.39, 0.29) is 12.2 Å². The van der Waals surface area contributed by atoms with Crippen molar-refractivity contribution in [3.05, 3.63) is 75.0 Å². The summed E-state index contributed by atoms with van der Waals surface area (Å²) in [6, 6.07) is 11.9. The summed E-state index contributed by atoms with van der Waals surface area (Å²) in [6.07, 6.45) is 2.65. The van der Waals surface area contributed by atoms with Gasteiger partial charge in [-0.15, -0.1) is 5.10 Å². The number of nitrogens with zero attached hydrogens (tertiary/aromatic N) is 3. The number of carboxylic acids is 1. The molecule has 1 fully saturated rings. The van der Waals surface area contributed by atoms with E-state index < -0.39 is 5.97 Å². The standard InChI is InChI=1S/C25H19Cl2N3O5/c26-17-2-1-3-18(27)22(17)23-16(24(35-29-23)13-4-5-13)12-33-20-11-21-30(28-20)9-8-14-10-15(25(31)32)6-7-19(14)34-21/h1-3,6-7,10-11,13H,4-5,8-9,12H2,(H,31,32). The molecule has 0 atom stereocenters. The molecule has 3 heterocycles. The number of aromatic carboxylic acids is 1. The van der Waals surface area contributed by atoms with Crippen LogP contribution in [0, 0.1) is 0 Å². The topological polar surface area (TPSA) is 99.6 Å². The molecule has 0 spiro atoms. The zero-order chi connectivity index (χ0) is 24.1. The normalized spacial score (nSPS) is 14.6. The Kier molecular flexibility index (Phi) is 5.42. The lowest BCUT2D eigenvalue weighted by Gasteiger charge is -2.08. The molecule has 4 aromatic rings. The van der Waals surface area contributed by atoms with Crippen LogP contribution < -0.4 is 9.47 Å². The molecule has 2 aromatic heterocycles. The Hall–Kier alpha value is -3.49. The summed E-state index contributed by atoms with van der Waals surface area (Å²) < 4.78 is 19.5.